The lowest BCUT2D eigenvalue weighted by Crippen LogP contribution is -2.56. The molecule has 21 heteroatoms. The highest BCUT2D eigenvalue weighted by Gasteiger charge is 2.29. The van der Waals surface area contributed by atoms with Crippen LogP contribution in [0.4, 0.5) is 10.5 Å². The van der Waals surface area contributed by atoms with E-state index in [9.17, 15) is 53.1 Å². The van der Waals surface area contributed by atoms with E-state index < -0.39 is 101 Å². The number of alkyl carbamates (subject to hydrolysis) is 1. The molecule has 1 heterocycles. The van der Waals surface area contributed by atoms with E-state index in [2.05, 4.69) is 36.6 Å². The summed E-state index contributed by atoms with van der Waals surface area (Å²) in [6.45, 7) is 14.3. The molecule has 0 saturated heterocycles. The maximum absolute atomic E-state index is 13.2. The smallest absolute Gasteiger partial charge is 0.407 e. The number of carbonyl (C=O) groups is 10. The van der Waals surface area contributed by atoms with Crippen molar-refractivity contribution in [2.75, 3.05) is 19.0 Å². The van der Waals surface area contributed by atoms with Gasteiger partial charge in [-0.1, -0.05) is 6.07 Å². The van der Waals surface area contributed by atoms with E-state index in [-0.39, 0.29) is 62.9 Å². The molecule has 2 rings (SSSR count). The first kappa shape index (κ1) is 53.6. The summed E-state index contributed by atoms with van der Waals surface area (Å²) in [5.41, 5.74) is -0.936. The van der Waals surface area contributed by atoms with E-state index in [0.717, 1.165) is 24.2 Å². The van der Waals surface area contributed by atoms with Crippen molar-refractivity contribution in [2.45, 2.75) is 149 Å². The van der Waals surface area contributed by atoms with Crippen molar-refractivity contribution in [2.24, 2.45) is 0 Å². The number of methoxy groups -OCH3 is 1. The summed E-state index contributed by atoms with van der Waals surface area (Å²) in [4.78, 5) is 127. The Balaban J connectivity index is 2.01. The summed E-state index contributed by atoms with van der Waals surface area (Å²) < 4.78 is 15.4. The molecule has 1 aromatic rings. The van der Waals surface area contributed by atoms with Gasteiger partial charge < -0.3 is 51.2 Å². The number of anilines is 1. The van der Waals surface area contributed by atoms with E-state index in [0.29, 0.717) is 5.56 Å². The second-order valence-corrected chi connectivity index (χ2v) is 17.2. The Morgan fingerprint density at radius 2 is 1.20 bits per heavy atom. The van der Waals surface area contributed by atoms with Gasteiger partial charge in [-0.15, -0.1) is 0 Å². The fraction of sp³-hybridized carbons (Fsp3) is 0.581. The first-order valence-electron chi connectivity index (χ1n) is 20.8. The summed E-state index contributed by atoms with van der Waals surface area (Å²) in [6, 6.07) is -1.15. The van der Waals surface area contributed by atoms with Gasteiger partial charge in [0.2, 0.25) is 29.5 Å². The number of benzene rings is 1. The maximum Gasteiger partial charge on any atom is 0.407 e. The minimum Gasteiger partial charge on any atom is -0.506 e. The summed E-state index contributed by atoms with van der Waals surface area (Å²) >= 11 is 0. The largest absolute Gasteiger partial charge is 0.506 e. The molecule has 0 saturated carbocycles. The van der Waals surface area contributed by atoms with E-state index in [1.165, 1.54) is 32.9 Å². The van der Waals surface area contributed by atoms with Crippen LogP contribution in [0.15, 0.2) is 30.4 Å². The predicted molar refractivity (Wildman–Crippen MR) is 230 cm³/mol. The van der Waals surface area contributed by atoms with Gasteiger partial charge in [0.1, 0.15) is 41.1 Å². The third-order valence-electron chi connectivity index (χ3n) is 9.10. The Morgan fingerprint density at radius 1 is 0.672 bits per heavy atom. The number of hydrogen-bond donors (Lipinski definition) is 7. The van der Waals surface area contributed by atoms with Crippen LogP contribution in [-0.4, -0.2) is 124 Å². The minimum absolute atomic E-state index is 0.00799. The number of carbonyl (C=O) groups excluding carboxylic acids is 10. The van der Waals surface area contributed by atoms with Crippen molar-refractivity contribution in [3.05, 3.63) is 35.9 Å². The molecule has 1 aliphatic rings. The molecular formula is C43H63N7O14. The SMILES string of the molecule is COC(=O)CC[C@H](NC(=O)CCCN1C(=O)C=CC1=O)C(=O)N[C@@H](C)C(=O)N[C@@H](C)C(=O)N[C@@H](C)C(=O)Nc1cc(C[C@@H](CCC(=O)OC(C)(C)C)NC(=O)OC(C)(C)C)ccc1O. The number of aromatic hydroxyl groups is 1. The molecule has 354 valence electrons. The quantitative estimate of drug-likeness (QED) is 0.0376. The third kappa shape index (κ3) is 19.7. The molecule has 0 fully saturated rings. The molecule has 21 nitrogen and oxygen atoms in total. The lowest BCUT2D eigenvalue weighted by Gasteiger charge is -2.25. The van der Waals surface area contributed by atoms with Crippen LogP contribution in [0.3, 0.4) is 0 Å². The molecule has 0 spiro atoms. The van der Waals surface area contributed by atoms with Crippen molar-refractivity contribution >= 4 is 65.1 Å². The Labute approximate surface area is 372 Å². The van der Waals surface area contributed by atoms with Gasteiger partial charge in [0.25, 0.3) is 11.8 Å². The predicted octanol–water partition coefficient (Wildman–Crippen LogP) is 1.55. The summed E-state index contributed by atoms with van der Waals surface area (Å²) in [7, 11) is 1.15. The monoisotopic (exact) mass is 901 g/mol. The van der Waals surface area contributed by atoms with Gasteiger partial charge in [0.15, 0.2) is 0 Å². The number of esters is 2. The Morgan fingerprint density at radius 3 is 1.75 bits per heavy atom. The molecular weight excluding hydrogens is 839 g/mol. The Bertz CT molecular complexity index is 1920. The number of imide groups is 1. The topological polar surface area (TPSA) is 294 Å². The minimum atomic E-state index is -1.28. The van der Waals surface area contributed by atoms with Crippen LogP contribution in [0.1, 0.15) is 106 Å². The van der Waals surface area contributed by atoms with Gasteiger partial charge in [-0.2, -0.15) is 0 Å². The van der Waals surface area contributed by atoms with Crippen molar-refractivity contribution < 1.29 is 67.3 Å². The zero-order valence-electron chi connectivity index (χ0n) is 38.1. The molecule has 5 atom stereocenters. The van der Waals surface area contributed by atoms with E-state index in [1.807, 2.05) is 0 Å². The standard InChI is InChI=1S/C43H63N7O14/c1-24(44-38(58)25(2)46-40(60)29(15-20-35(55)62-10)48-32(52)12-11-21-50-33(53)17-18-34(50)54)37(57)45-26(3)39(59)49-30-23-27(13-16-31(30)51)22-28(47-41(61)64-43(7,8)9)14-19-36(56)63-42(4,5)6/h13,16-18,23-26,28-29,51H,11-12,14-15,19-22H2,1-10H3,(H,44,58)(H,45,57)(H,46,60)(H,47,61)(H,48,52)(H,49,59)/t24-,25-,26-,28+,29-/m0/s1. The second kappa shape index (κ2) is 24.3. The molecule has 8 amide bonds. The molecule has 0 aliphatic carbocycles. The van der Waals surface area contributed by atoms with Crippen LogP contribution in [0.2, 0.25) is 0 Å². The van der Waals surface area contributed by atoms with E-state index in [4.69, 9.17) is 9.47 Å². The highest BCUT2D eigenvalue weighted by atomic mass is 16.6. The van der Waals surface area contributed by atoms with Crippen molar-refractivity contribution in [3.8, 4) is 5.75 Å². The van der Waals surface area contributed by atoms with Crippen LogP contribution < -0.4 is 31.9 Å². The zero-order chi connectivity index (χ0) is 48.5. The lowest BCUT2D eigenvalue weighted by atomic mass is 10.0. The van der Waals surface area contributed by atoms with Crippen molar-refractivity contribution in [3.63, 3.8) is 0 Å². The summed E-state index contributed by atoms with van der Waals surface area (Å²) in [5, 5.41) is 25.7. The van der Waals surface area contributed by atoms with Crippen LogP contribution >= 0.6 is 0 Å². The van der Waals surface area contributed by atoms with Crippen LogP contribution in [0.25, 0.3) is 0 Å². The lowest BCUT2D eigenvalue weighted by molar-refractivity contribution is -0.155. The number of nitrogens with zero attached hydrogens (tertiary/aromatic N) is 1. The van der Waals surface area contributed by atoms with Crippen molar-refractivity contribution in [1.82, 2.24) is 31.5 Å². The number of hydrogen-bond acceptors (Lipinski definition) is 14. The average molecular weight is 902 g/mol. The highest BCUT2D eigenvalue weighted by molar-refractivity contribution is 6.12. The van der Waals surface area contributed by atoms with Gasteiger partial charge in [0, 0.05) is 44.0 Å². The molecule has 0 radical (unpaired) electrons. The zero-order valence-corrected chi connectivity index (χ0v) is 38.1. The number of ether oxygens (including phenoxy) is 3. The molecule has 7 N–H and O–H groups in total. The number of phenolic OH excluding ortho intramolecular Hbond substituents is 1. The van der Waals surface area contributed by atoms with Crippen LogP contribution in [0.5, 0.6) is 5.75 Å². The van der Waals surface area contributed by atoms with Gasteiger partial charge in [-0.05, 0) is 106 Å². The number of phenols is 1. The van der Waals surface area contributed by atoms with Gasteiger partial charge >= 0.3 is 18.0 Å². The number of amides is 8. The molecule has 0 aromatic heterocycles. The highest BCUT2D eigenvalue weighted by Crippen LogP contribution is 2.26. The van der Waals surface area contributed by atoms with Crippen LogP contribution in [0, 0.1) is 0 Å². The summed E-state index contributed by atoms with van der Waals surface area (Å²) in [6.07, 6.45) is 1.36. The average Bonchev–Trinajstić information content (AvgIpc) is 3.50. The Hall–Kier alpha value is -6.54. The molecule has 1 aromatic carbocycles. The van der Waals surface area contributed by atoms with Crippen molar-refractivity contribution in [1.29, 1.82) is 0 Å². The van der Waals surface area contributed by atoms with Crippen LogP contribution in [-0.2, 0) is 63.8 Å². The number of nitrogens with one attached hydrogen (secondary N) is 6. The maximum atomic E-state index is 13.2. The first-order chi connectivity index (χ1) is 29.7. The van der Waals surface area contributed by atoms with Gasteiger partial charge in [-0.25, -0.2) is 4.79 Å². The van der Waals surface area contributed by atoms with E-state index in [1.54, 1.807) is 47.6 Å². The van der Waals surface area contributed by atoms with E-state index >= 15 is 0 Å². The first-order valence-corrected chi connectivity index (χ1v) is 20.8. The molecule has 64 heavy (non-hydrogen) atoms. The van der Waals surface area contributed by atoms with Gasteiger partial charge in [-0.3, -0.25) is 48.1 Å². The molecule has 1 aliphatic heterocycles. The second-order valence-electron chi connectivity index (χ2n) is 17.2. The normalized spacial score (nSPS) is 14.8. The summed E-state index contributed by atoms with van der Waals surface area (Å²) in [5.74, 6) is -6.17. The Kier molecular flexibility index (Phi) is 20.4. The molecule has 0 bridgehead atoms. The third-order valence-corrected chi connectivity index (χ3v) is 9.10. The van der Waals surface area contributed by atoms with Gasteiger partial charge in [0.05, 0.1) is 12.8 Å². The fourth-order valence-electron chi connectivity index (χ4n) is 5.86. The fourth-order valence-corrected chi connectivity index (χ4v) is 5.86. The number of rotatable bonds is 22. The molecule has 0 unspecified atom stereocenters.